The van der Waals surface area contributed by atoms with E-state index in [1.165, 1.54) is 22.3 Å². The van der Waals surface area contributed by atoms with E-state index in [0.29, 0.717) is 0 Å². The monoisotopic (exact) mass is 476 g/mol. The fraction of sp³-hybridized carbons (Fsp3) is 0.455. The zero-order chi connectivity index (χ0) is 24.1. The maximum atomic E-state index is 7.81. The van der Waals surface area contributed by atoms with Crippen LogP contribution in [0.25, 0.3) is 0 Å². The maximum absolute atomic E-state index is 7.81. The van der Waals surface area contributed by atoms with Gasteiger partial charge in [-0.05, 0) is 61.8 Å². The van der Waals surface area contributed by atoms with E-state index in [9.17, 15) is 0 Å². The van der Waals surface area contributed by atoms with Gasteiger partial charge in [-0.25, -0.2) is 0 Å². The molecular weight excluding hydrogens is 444 g/mol. The van der Waals surface area contributed by atoms with Crippen molar-refractivity contribution in [1.29, 1.82) is 0 Å². The third-order valence-corrected chi connectivity index (χ3v) is 11.7. The van der Waals surface area contributed by atoms with E-state index in [2.05, 4.69) is 98.8 Å². The normalized spacial score (nSPS) is 45.9. The van der Waals surface area contributed by atoms with Crippen molar-refractivity contribution in [3.63, 3.8) is 0 Å². The van der Waals surface area contributed by atoms with Crippen LogP contribution in [0, 0.1) is 21.7 Å². The van der Waals surface area contributed by atoms with Crippen molar-refractivity contribution in [2.75, 3.05) is 13.2 Å². The van der Waals surface area contributed by atoms with Gasteiger partial charge in [-0.15, -0.1) is 0 Å². The lowest BCUT2D eigenvalue weighted by Crippen LogP contribution is -2.52. The summed E-state index contributed by atoms with van der Waals surface area (Å²) in [5, 5.41) is 0. The highest BCUT2D eigenvalue weighted by atomic mass is 16.7. The fourth-order valence-corrected chi connectivity index (χ4v) is 10.8. The van der Waals surface area contributed by atoms with Crippen LogP contribution in [-0.2, 0) is 25.4 Å². The van der Waals surface area contributed by atoms with E-state index in [0.717, 1.165) is 38.9 Å². The maximum Gasteiger partial charge on any atom is 0.162 e. The summed E-state index contributed by atoms with van der Waals surface area (Å²) in [5.74, 6) is -0.520. The van der Waals surface area contributed by atoms with Crippen LogP contribution in [0.2, 0.25) is 0 Å². The molecule has 182 valence electrons. The predicted octanol–water partition coefficient (Wildman–Crippen LogP) is 6.55. The fourth-order valence-electron chi connectivity index (χ4n) is 10.8. The lowest BCUT2D eigenvalue weighted by atomic mass is 9.47. The molecule has 3 aliphatic heterocycles. The molecule has 3 aromatic carbocycles. The van der Waals surface area contributed by atoms with Crippen molar-refractivity contribution in [2.45, 2.75) is 56.5 Å². The van der Waals surface area contributed by atoms with Crippen molar-refractivity contribution in [2.24, 2.45) is 21.7 Å². The van der Waals surface area contributed by atoms with E-state index in [1.807, 2.05) is 0 Å². The predicted molar refractivity (Wildman–Crippen MR) is 136 cm³/mol. The van der Waals surface area contributed by atoms with Crippen molar-refractivity contribution in [3.05, 3.63) is 107 Å². The highest BCUT2D eigenvalue weighted by Gasteiger charge is 2.97. The van der Waals surface area contributed by atoms with Gasteiger partial charge in [0.1, 0.15) is 11.2 Å². The van der Waals surface area contributed by atoms with Gasteiger partial charge in [0.15, 0.2) is 5.79 Å². The van der Waals surface area contributed by atoms with Crippen LogP contribution >= 0.6 is 0 Å². The molecule has 3 nitrogen and oxygen atoms in total. The average Bonchev–Trinajstić information content (AvgIpc) is 3.65. The molecule has 2 atom stereocenters. The molecule has 4 aliphatic carbocycles. The second-order valence-electron chi connectivity index (χ2n) is 13.2. The molecule has 4 saturated carbocycles. The number of hydrogen-bond acceptors (Lipinski definition) is 3. The van der Waals surface area contributed by atoms with E-state index in [-0.39, 0.29) is 21.7 Å². The Hall–Kier alpha value is -2.46. The molecule has 7 aliphatic rings. The van der Waals surface area contributed by atoms with E-state index < -0.39 is 17.0 Å². The highest BCUT2D eigenvalue weighted by molar-refractivity contribution is 5.65. The summed E-state index contributed by atoms with van der Waals surface area (Å²) in [7, 11) is 0. The van der Waals surface area contributed by atoms with E-state index in [4.69, 9.17) is 14.2 Å². The number of fused-ring (bicyclic) bond motifs is 5. The summed E-state index contributed by atoms with van der Waals surface area (Å²) >= 11 is 0. The molecular formula is C33H32O3. The molecule has 2 saturated heterocycles. The molecule has 6 bridgehead atoms. The zero-order valence-corrected chi connectivity index (χ0v) is 21.1. The molecule has 0 radical (unpaired) electrons. The number of benzene rings is 3. The Morgan fingerprint density at radius 2 is 0.917 bits per heavy atom. The third-order valence-electron chi connectivity index (χ3n) is 11.7. The van der Waals surface area contributed by atoms with Gasteiger partial charge >= 0.3 is 0 Å². The number of rotatable bonds is 2. The summed E-state index contributed by atoms with van der Waals surface area (Å²) in [6.45, 7) is 5.74. The first-order chi connectivity index (χ1) is 17.4. The standard InChI is InChI=1S/C33H32O3/c1-27(2)34-21-28-17-30-18-29(28,22-35-27)20-31(30,19-28)33(24-13-7-4-8-14-24)26-16-10-9-15-25(26)32(30,36-33)23-11-5-3-6-12-23/h3-16H,17-22H2,1-2H3. The Labute approximate surface area is 212 Å². The van der Waals surface area contributed by atoms with E-state index >= 15 is 0 Å². The molecule has 0 N–H and O–H groups in total. The van der Waals surface area contributed by atoms with Gasteiger partial charge < -0.3 is 14.2 Å². The van der Waals surface area contributed by atoms with Crippen LogP contribution in [0.5, 0.6) is 0 Å². The van der Waals surface area contributed by atoms with Gasteiger partial charge in [0.05, 0.1) is 13.2 Å². The van der Waals surface area contributed by atoms with Crippen LogP contribution in [0.1, 0.15) is 61.8 Å². The Kier molecular flexibility index (Phi) is 3.33. The minimum atomic E-state index is -0.520. The van der Waals surface area contributed by atoms with Gasteiger partial charge in [-0.2, -0.15) is 0 Å². The first-order valence-corrected chi connectivity index (χ1v) is 13.6. The Balaban J connectivity index is 1.40. The molecule has 10 rings (SSSR count). The molecule has 2 unspecified atom stereocenters. The van der Waals surface area contributed by atoms with Crippen LogP contribution in [0.3, 0.4) is 0 Å². The van der Waals surface area contributed by atoms with Gasteiger partial charge in [-0.3, -0.25) is 0 Å². The minimum absolute atomic E-state index is 0.0136. The molecule has 3 heteroatoms. The summed E-state index contributed by atoms with van der Waals surface area (Å²) in [5.41, 5.74) is 4.74. The molecule has 3 heterocycles. The molecule has 3 aromatic rings. The molecule has 6 fully saturated rings. The SMILES string of the molecule is CC1(C)OCC23CC45CC2(CO1)CC4(C3)C1(c2ccccc2)OC5(c2ccccc2)c2ccccc21. The van der Waals surface area contributed by atoms with Gasteiger partial charge in [0, 0.05) is 21.7 Å². The lowest BCUT2D eigenvalue weighted by molar-refractivity contribution is -0.210. The molecule has 0 aromatic heterocycles. The summed E-state index contributed by atoms with van der Waals surface area (Å²) < 4.78 is 20.9. The van der Waals surface area contributed by atoms with Crippen LogP contribution in [0.4, 0.5) is 0 Å². The lowest BCUT2D eigenvalue weighted by Gasteiger charge is -2.51. The second kappa shape index (κ2) is 5.83. The van der Waals surface area contributed by atoms with Crippen LogP contribution in [0.15, 0.2) is 84.9 Å². The zero-order valence-electron chi connectivity index (χ0n) is 21.1. The smallest absolute Gasteiger partial charge is 0.162 e. The number of hydrogen-bond donors (Lipinski definition) is 0. The Bertz CT molecular complexity index is 1310. The number of ether oxygens (including phenoxy) is 3. The Morgan fingerprint density at radius 1 is 0.528 bits per heavy atom. The van der Waals surface area contributed by atoms with Crippen molar-refractivity contribution in [1.82, 2.24) is 0 Å². The highest BCUT2D eigenvalue weighted by Crippen LogP contribution is 2.99. The third kappa shape index (κ3) is 1.78. The largest absolute Gasteiger partial charge is 0.350 e. The summed E-state index contributed by atoms with van der Waals surface area (Å²) in [6.07, 6.45) is 4.60. The minimum Gasteiger partial charge on any atom is -0.350 e. The van der Waals surface area contributed by atoms with Crippen LogP contribution < -0.4 is 0 Å². The quantitative estimate of drug-likeness (QED) is 0.420. The van der Waals surface area contributed by atoms with Gasteiger partial charge in [0.25, 0.3) is 0 Å². The molecule has 4 spiro atoms. The van der Waals surface area contributed by atoms with Crippen molar-refractivity contribution < 1.29 is 14.2 Å². The molecule has 0 amide bonds. The second-order valence-corrected chi connectivity index (χ2v) is 13.2. The Morgan fingerprint density at radius 3 is 1.33 bits per heavy atom. The summed E-state index contributed by atoms with van der Waals surface area (Å²) in [6, 6.07) is 31.4. The van der Waals surface area contributed by atoms with Crippen molar-refractivity contribution in [3.8, 4) is 0 Å². The molecule has 36 heavy (non-hydrogen) atoms. The first-order valence-electron chi connectivity index (χ1n) is 13.6. The van der Waals surface area contributed by atoms with Crippen LogP contribution in [-0.4, -0.2) is 19.0 Å². The van der Waals surface area contributed by atoms with Gasteiger partial charge in [-0.1, -0.05) is 84.9 Å². The topological polar surface area (TPSA) is 27.7 Å². The van der Waals surface area contributed by atoms with Crippen molar-refractivity contribution >= 4 is 0 Å². The van der Waals surface area contributed by atoms with Gasteiger partial charge in [0.2, 0.25) is 0 Å². The summed E-state index contributed by atoms with van der Waals surface area (Å²) in [4.78, 5) is 0. The first kappa shape index (κ1) is 20.6. The van der Waals surface area contributed by atoms with E-state index in [1.54, 1.807) is 0 Å². The average molecular weight is 477 g/mol.